The molecule has 0 aliphatic carbocycles. The lowest BCUT2D eigenvalue weighted by molar-refractivity contribution is -0.150. The van der Waals surface area contributed by atoms with Crippen molar-refractivity contribution in [3.05, 3.63) is 29.3 Å². The van der Waals surface area contributed by atoms with Crippen LogP contribution in [0.15, 0.2) is 18.2 Å². The van der Waals surface area contributed by atoms with Gasteiger partial charge in [-0.25, -0.2) is 0 Å². The third-order valence-electron chi connectivity index (χ3n) is 2.13. The first kappa shape index (κ1) is 13.6. The van der Waals surface area contributed by atoms with Crippen LogP contribution in [0.3, 0.4) is 0 Å². The van der Waals surface area contributed by atoms with Crippen molar-refractivity contribution < 1.29 is 26.3 Å². The van der Waals surface area contributed by atoms with Gasteiger partial charge in [-0.15, -0.1) is 0 Å². The average molecular weight is 258 g/mol. The maximum atomic E-state index is 12.4. The topological polar surface area (TPSA) is 52.0 Å². The molecule has 2 nitrogen and oxygen atoms in total. The Labute approximate surface area is 92.2 Å². The number of hydrogen-bond donors (Lipinski definition) is 2. The maximum absolute atomic E-state index is 12.4. The molecule has 0 bridgehead atoms. The lowest BCUT2D eigenvalue weighted by atomic mass is 10.0. The van der Waals surface area contributed by atoms with Crippen molar-refractivity contribution in [1.82, 2.24) is 0 Å². The van der Waals surface area contributed by atoms with Crippen LogP contribution in [0, 0.1) is 0 Å². The van der Waals surface area contributed by atoms with Crippen LogP contribution in [0.2, 0.25) is 0 Å². The van der Waals surface area contributed by atoms with Crippen LogP contribution in [0.1, 0.15) is 17.2 Å². The Morgan fingerprint density at radius 3 is 1.94 bits per heavy atom. The van der Waals surface area contributed by atoms with Crippen molar-refractivity contribution in [2.75, 3.05) is 5.73 Å². The average Bonchev–Trinajstić information content (AvgIpc) is 2.13. The summed E-state index contributed by atoms with van der Waals surface area (Å²) < 4.78 is 74.0. The van der Waals surface area contributed by atoms with Gasteiger partial charge in [0.25, 0.3) is 0 Å². The van der Waals surface area contributed by atoms with Gasteiger partial charge < -0.3 is 11.5 Å². The Hall–Kier alpha value is -1.44. The first-order valence-corrected chi connectivity index (χ1v) is 4.33. The molecule has 0 unspecified atom stereocenters. The van der Waals surface area contributed by atoms with Gasteiger partial charge in [0.2, 0.25) is 0 Å². The zero-order chi connectivity index (χ0) is 13.4. The molecule has 0 aliphatic rings. The van der Waals surface area contributed by atoms with Crippen LogP contribution in [-0.2, 0) is 6.18 Å². The minimum Gasteiger partial charge on any atom is -0.398 e. The van der Waals surface area contributed by atoms with E-state index in [4.69, 9.17) is 11.5 Å². The highest BCUT2D eigenvalue weighted by Gasteiger charge is 2.41. The Morgan fingerprint density at radius 1 is 1.00 bits per heavy atom. The fourth-order valence-corrected chi connectivity index (χ4v) is 1.28. The zero-order valence-electron chi connectivity index (χ0n) is 8.23. The number of rotatable bonds is 1. The minimum absolute atomic E-state index is 0.599. The van der Waals surface area contributed by atoms with Gasteiger partial charge >= 0.3 is 12.4 Å². The lowest BCUT2D eigenvalue weighted by Gasteiger charge is -2.20. The van der Waals surface area contributed by atoms with E-state index in [1.54, 1.807) is 0 Å². The second-order valence-electron chi connectivity index (χ2n) is 3.33. The van der Waals surface area contributed by atoms with Crippen molar-refractivity contribution in [1.29, 1.82) is 0 Å². The van der Waals surface area contributed by atoms with Gasteiger partial charge in [-0.05, 0) is 6.07 Å². The van der Waals surface area contributed by atoms with Crippen LogP contribution in [0.25, 0.3) is 0 Å². The predicted octanol–water partition coefficient (Wildman–Crippen LogP) is 2.85. The van der Waals surface area contributed by atoms with E-state index in [0.717, 1.165) is 12.1 Å². The summed E-state index contributed by atoms with van der Waals surface area (Å²) in [6.45, 7) is 0. The second kappa shape index (κ2) is 4.10. The summed E-state index contributed by atoms with van der Waals surface area (Å²) in [6.07, 6.45) is -9.66. The fraction of sp³-hybridized carbons (Fsp3) is 0.333. The molecule has 96 valence electrons. The van der Waals surface area contributed by atoms with E-state index in [1.165, 1.54) is 0 Å². The Bertz CT molecular complexity index is 409. The van der Waals surface area contributed by atoms with Crippen molar-refractivity contribution in [2.24, 2.45) is 5.73 Å². The van der Waals surface area contributed by atoms with E-state index < -0.39 is 35.2 Å². The van der Waals surface area contributed by atoms with Crippen LogP contribution in [-0.4, -0.2) is 6.18 Å². The standard InChI is InChI=1S/C9H8F6N2/c10-8(11,12)5-3-1-2-4(6(5)16)7(17)9(13,14)15/h1-3,7H,16-17H2/t7-/m0/s1. The van der Waals surface area contributed by atoms with E-state index in [9.17, 15) is 26.3 Å². The number of benzene rings is 1. The molecule has 1 aromatic rings. The molecule has 0 fully saturated rings. The SMILES string of the molecule is Nc1c([C@H](N)C(F)(F)F)cccc1C(F)(F)F. The molecule has 1 rings (SSSR count). The quantitative estimate of drug-likeness (QED) is 0.601. The molecule has 4 N–H and O–H groups in total. The third kappa shape index (κ3) is 2.82. The van der Waals surface area contributed by atoms with E-state index >= 15 is 0 Å². The van der Waals surface area contributed by atoms with Crippen LogP contribution < -0.4 is 11.5 Å². The molecule has 1 aromatic carbocycles. The third-order valence-corrected chi connectivity index (χ3v) is 2.13. The monoisotopic (exact) mass is 258 g/mol. The number of anilines is 1. The van der Waals surface area contributed by atoms with Crippen molar-refractivity contribution in [3.63, 3.8) is 0 Å². The van der Waals surface area contributed by atoms with Gasteiger partial charge in [-0.2, -0.15) is 26.3 Å². The van der Waals surface area contributed by atoms with Crippen LogP contribution >= 0.6 is 0 Å². The van der Waals surface area contributed by atoms with E-state index in [1.807, 2.05) is 0 Å². The Balaban J connectivity index is 3.30. The maximum Gasteiger partial charge on any atom is 0.418 e. The molecule has 17 heavy (non-hydrogen) atoms. The molecule has 0 radical (unpaired) electrons. The first-order valence-electron chi connectivity index (χ1n) is 4.33. The summed E-state index contributed by atoms with van der Waals surface area (Å²) in [5.74, 6) is 0. The number of alkyl halides is 6. The number of hydrogen-bond acceptors (Lipinski definition) is 2. The smallest absolute Gasteiger partial charge is 0.398 e. The van der Waals surface area contributed by atoms with Crippen LogP contribution in [0.4, 0.5) is 32.0 Å². The molecular formula is C9H8F6N2. The highest BCUT2D eigenvalue weighted by molar-refractivity contribution is 5.56. The second-order valence-corrected chi connectivity index (χ2v) is 3.33. The van der Waals surface area contributed by atoms with E-state index in [0.29, 0.717) is 6.07 Å². The van der Waals surface area contributed by atoms with Gasteiger partial charge in [0.15, 0.2) is 0 Å². The predicted molar refractivity (Wildman–Crippen MR) is 48.8 cm³/mol. The highest BCUT2D eigenvalue weighted by Crippen LogP contribution is 2.39. The highest BCUT2D eigenvalue weighted by atomic mass is 19.4. The van der Waals surface area contributed by atoms with Gasteiger partial charge in [0.1, 0.15) is 6.04 Å². The number of para-hydroxylation sites is 1. The summed E-state index contributed by atoms with van der Waals surface area (Å²) in [5.41, 5.74) is 6.77. The molecule has 0 aromatic heterocycles. The summed E-state index contributed by atoms with van der Waals surface area (Å²) in [5, 5.41) is 0. The fourth-order valence-electron chi connectivity index (χ4n) is 1.28. The molecule has 0 amide bonds. The van der Waals surface area contributed by atoms with Crippen molar-refractivity contribution in [2.45, 2.75) is 18.4 Å². The minimum atomic E-state index is -4.85. The summed E-state index contributed by atoms with van der Waals surface area (Å²) >= 11 is 0. The summed E-state index contributed by atoms with van der Waals surface area (Å²) in [7, 11) is 0. The van der Waals surface area contributed by atoms with E-state index in [2.05, 4.69) is 0 Å². The van der Waals surface area contributed by atoms with Gasteiger partial charge in [-0.1, -0.05) is 12.1 Å². The summed E-state index contributed by atoms with van der Waals surface area (Å²) in [4.78, 5) is 0. The molecular weight excluding hydrogens is 250 g/mol. The Morgan fingerprint density at radius 2 is 1.53 bits per heavy atom. The normalized spacial score (nSPS) is 14.8. The molecule has 1 atom stereocenters. The molecule has 0 aliphatic heterocycles. The first-order chi connectivity index (χ1) is 7.55. The largest absolute Gasteiger partial charge is 0.418 e. The molecule has 0 heterocycles. The zero-order valence-corrected chi connectivity index (χ0v) is 8.23. The Kier molecular flexibility index (Phi) is 3.28. The number of nitrogens with two attached hydrogens (primary N) is 2. The van der Waals surface area contributed by atoms with Gasteiger partial charge in [0.05, 0.1) is 5.56 Å². The molecule has 0 spiro atoms. The van der Waals surface area contributed by atoms with E-state index in [-0.39, 0.29) is 0 Å². The van der Waals surface area contributed by atoms with Crippen molar-refractivity contribution in [3.8, 4) is 0 Å². The van der Waals surface area contributed by atoms with Gasteiger partial charge in [0, 0.05) is 11.3 Å². The molecule has 0 saturated carbocycles. The number of halogens is 6. The van der Waals surface area contributed by atoms with Gasteiger partial charge in [-0.3, -0.25) is 0 Å². The van der Waals surface area contributed by atoms with Crippen LogP contribution in [0.5, 0.6) is 0 Å². The summed E-state index contributed by atoms with van der Waals surface area (Å²) in [6, 6.07) is -0.282. The van der Waals surface area contributed by atoms with Crippen molar-refractivity contribution >= 4 is 5.69 Å². The number of nitrogen functional groups attached to an aromatic ring is 1. The molecule has 0 saturated heterocycles. The molecule has 8 heteroatoms. The lowest BCUT2D eigenvalue weighted by Crippen LogP contribution is -2.29.